The van der Waals surface area contributed by atoms with Crippen LogP contribution in [0.1, 0.15) is 16.1 Å². The van der Waals surface area contributed by atoms with E-state index in [1.165, 1.54) is 6.07 Å². The topological polar surface area (TPSA) is 74.2 Å². The van der Waals surface area contributed by atoms with Crippen LogP contribution in [0.3, 0.4) is 0 Å². The maximum absolute atomic E-state index is 10.6. The summed E-state index contributed by atoms with van der Waals surface area (Å²) in [6.45, 7) is 0. The normalized spacial score (nSPS) is 9.93. The number of hydrogen-bond donors (Lipinski definition) is 1. The van der Waals surface area contributed by atoms with Gasteiger partial charge in [-0.15, -0.1) is 0 Å². The van der Waals surface area contributed by atoms with Crippen molar-refractivity contribution in [3.8, 4) is 6.07 Å². The molecule has 4 heteroatoms. The minimum atomic E-state index is -1.11. The number of furan rings is 1. The summed E-state index contributed by atoms with van der Waals surface area (Å²) >= 11 is 0. The summed E-state index contributed by atoms with van der Waals surface area (Å²) < 4.78 is 5.02. The molecule has 0 amide bonds. The number of nitrogens with zero attached hydrogens (tertiary/aromatic N) is 1. The fourth-order valence-corrected chi connectivity index (χ4v) is 1.22. The third kappa shape index (κ3) is 1.21. The fourth-order valence-electron chi connectivity index (χ4n) is 1.22. The van der Waals surface area contributed by atoms with Gasteiger partial charge in [-0.3, -0.25) is 0 Å². The molecule has 1 N–H and O–H groups in total. The van der Waals surface area contributed by atoms with E-state index in [2.05, 4.69) is 0 Å². The van der Waals surface area contributed by atoms with Gasteiger partial charge in [0.25, 0.3) is 0 Å². The van der Waals surface area contributed by atoms with Crippen molar-refractivity contribution in [1.82, 2.24) is 0 Å². The molecule has 0 atom stereocenters. The molecule has 1 heterocycles. The van der Waals surface area contributed by atoms with Crippen molar-refractivity contribution >= 4 is 16.9 Å². The van der Waals surface area contributed by atoms with Crippen LogP contribution in [0.25, 0.3) is 11.0 Å². The number of aromatic carboxylic acids is 1. The summed E-state index contributed by atoms with van der Waals surface area (Å²) in [5.41, 5.74) is 0.955. The summed E-state index contributed by atoms with van der Waals surface area (Å²) in [4.78, 5) is 10.6. The number of hydrogen-bond acceptors (Lipinski definition) is 3. The molecular weight excluding hydrogens is 182 g/mol. The molecular formula is C10H5NO3. The highest BCUT2D eigenvalue weighted by atomic mass is 16.4. The number of fused-ring (bicyclic) bond motifs is 1. The van der Waals surface area contributed by atoms with E-state index < -0.39 is 5.97 Å². The van der Waals surface area contributed by atoms with Gasteiger partial charge in [-0.25, -0.2) is 4.79 Å². The minimum Gasteiger partial charge on any atom is -0.475 e. The molecule has 0 radical (unpaired) electrons. The summed E-state index contributed by atoms with van der Waals surface area (Å²) in [6, 6.07) is 8.12. The summed E-state index contributed by atoms with van der Waals surface area (Å²) in [5.74, 6) is -1.23. The first kappa shape index (κ1) is 8.32. The maximum Gasteiger partial charge on any atom is 0.371 e. The zero-order valence-electron chi connectivity index (χ0n) is 7.02. The van der Waals surface area contributed by atoms with Gasteiger partial charge in [-0.2, -0.15) is 5.26 Å². The molecule has 14 heavy (non-hydrogen) atoms. The van der Waals surface area contributed by atoms with Crippen molar-refractivity contribution in [1.29, 1.82) is 5.26 Å². The molecule has 2 aromatic rings. The van der Waals surface area contributed by atoms with E-state index in [4.69, 9.17) is 14.8 Å². The number of nitriles is 1. The van der Waals surface area contributed by atoms with Crippen molar-refractivity contribution in [3.05, 3.63) is 35.6 Å². The number of carboxylic acid groups (broad SMARTS) is 1. The van der Waals surface area contributed by atoms with Crippen LogP contribution in [0.5, 0.6) is 0 Å². The Bertz CT molecular complexity index is 548. The van der Waals surface area contributed by atoms with E-state index in [0.29, 0.717) is 16.5 Å². The van der Waals surface area contributed by atoms with E-state index in [-0.39, 0.29) is 5.76 Å². The van der Waals surface area contributed by atoms with E-state index >= 15 is 0 Å². The van der Waals surface area contributed by atoms with Gasteiger partial charge in [0.15, 0.2) is 0 Å². The Kier molecular flexibility index (Phi) is 1.72. The SMILES string of the molecule is N#Cc1ccc2oc(C(=O)O)cc2c1. The molecule has 0 aliphatic carbocycles. The molecule has 0 aliphatic rings. The average Bonchev–Trinajstić information content (AvgIpc) is 2.59. The van der Waals surface area contributed by atoms with Crippen molar-refractivity contribution in [2.24, 2.45) is 0 Å². The quantitative estimate of drug-likeness (QED) is 0.740. The second-order valence-corrected chi connectivity index (χ2v) is 2.78. The van der Waals surface area contributed by atoms with Gasteiger partial charge in [0.1, 0.15) is 5.58 Å². The van der Waals surface area contributed by atoms with E-state index in [9.17, 15) is 4.79 Å². The van der Waals surface area contributed by atoms with Crippen LogP contribution in [-0.4, -0.2) is 11.1 Å². The van der Waals surface area contributed by atoms with Crippen LogP contribution in [0.15, 0.2) is 28.7 Å². The van der Waals surface area contributed by atoms with Gasteiger partial charge >= 0.3 is 5.97 Å². The lowest BCUT2D eigenvalue weighted by Gasteiger charge is -1.87. The highest BCUT2D eigenvalue weighted by Crippen LogP contribution is 2.20. The van der Waals surface area contributed by atoms with Crippen LogP contribution in [-0.2, 0) is 0 Å². The van der Waals surface area contributed by atoms with Crippen LogP contribution in [0.4, 0.5) is 0 Å². The van der Waals surface area contributed by atoms with Gasteiger partial charge < -0.3 is 9.52 Å². The monoisotopic (exact) mass is 187 g/mol. The molecule has 1 aromatic heterocycles. The first-order chi connectivity index (χ1) is 6.70. The van der Waals surface area contributed by atoms with Gasteiger partial charge in [-0.05, 0) is 24.3 Å². The van der Waals surface area contributed by atoms with Crippen molar-refractivity contribution in [3.63, 3.8) is 0 Å². The second kappa shape index (κ2) is 2.89. The lowest BCUT2D eigenvalue weighted by Crippen LogP contribution is -1.91. The number of benzene rings is 1. The predicted molar refractivity (Wildman–Crippen MR) is 47.9 cm³/mol. The van der Waals surface area contributed by atoms with Crippen molar-refractivity contribution in [2.75, 3.05) is 0 Å². The summed E-state index contributed by atoms with van der Waals surface area (Å²) in [6.07, 6.45) is 0. The highest BCUT2D eigenvalue weighted by Gasteiger charge is 2.10. The minimum absolute atomic E-state index is 0.116. The first-order valence-electron chi connectivity index (χ1n) is 3.87. The van der Waals surface area contributed by atoms with Crippen LogP contribution in [0, 0.1) is 11.3 Å². The molecule has 0 unspecified atom stereocenters. The van der Waals surface area contributed by atoms with Crippen LogP contribution < -0.4 is 0 Å². The van der Waals surface area contributed by atoms with E-state index in [1.54, 1.807) is 18.2 Å². The van der Waals surface area contributed by atoms with Gasteiger partial charge in [0, 0.05) is 5.39 Å². The Morgan fingerprint density at radius 3 is 2.86 bits per heavy atom. The van der Waals surface area contributed by atoms with Gasteiger partial charge in [-0.1, -0.05) is 0 Å². The number of rotatable bonds is 1. The Hall–Kier alpha value is -2.28. The maximum atomic E-state index is 10.6. The molecule has 68 valence electrons. The largest absolute Gasteiger partial charge is 0.475 e. The summed E-state index contributed by atoms with van der Waals surface area (Å²) in [5, 5.41) is 17.9. The molecule has 4 nitrogen and oxygen atoms in total. The van der Waals surface area contributed by atoms with E-state index in [0.717, 1.165) is 0 Å². The third-order valence-electron chi connectivity index (χ3n) is 1.86. The molecule has 0 fully saturated rings. The van der Waals surface area contributed by atoms with Crippen LogP contribution >= 0.6 is 0 Å². The molecule has 0 bridgehead atoms. The second-order valence-electron chi connectivity index (χ2n) is 2.78. The molecule has 1 aromatic carbocycles. The molecule has 2 rings (SSSR count). The van der Waals surface area contributed by atoms with Gasteiger partial charge in [0.2, 0.25) is 5.76 Å². The zero-order valence-corrected chi connectivity index (χ0v) is 7.02. The first-order valence-corrected chi connectivity index (χ1v) is 3.87. The van der Waals surface area contributed by atoms with E-state index in [1.807, 2.05) is 6.07 Å². The molecule has 0 spiro atoms. The highest BCUT2D eigenvalue weighted by molar-refractivity contribution is 5.91. The Morgan fingerprint density at radius 1 is 1.43 bits per heavy atom. The lowest BCUT2D eigenvalue weighted by molar-refractivity contribution is 0.0665. The van der Waals surface area contributed by atoms with Gasteiger partial charge in [0.05, 0.1) is 11.6 Å². The van der Waals surface area contributed by atoms with Crippen molar-refractivity contribution in [2.45, 2.75) is 0 Å². The standard InChI is InChI=1S/C10H5NO3/c11-5-6-1-2-8-7(3-6)4-9(14-8)10(12)13/h1-4H,(H,12,13). The number of carboxylic acids is 1. The average molecular weight is 187 g/mol. The molecule has 0 aliphatic heterocycles. The zero-order chi connectivity index (χ0) is 10.1. The summed E-state index contributed by atoms with van der Waals surface area (Å²) in [7, 11) is 0. The Morgan fingerprint density at radius 2 is 2.21 bits per heavy atom. The Labute approximate surface area is 79.0 Å². The number of carbonyl (C=O) groups is 1. The third-order valence-corrected chi connectivity index (χ3v) is 1.86. The lowest BCUT2D eigenvalue weighted by atomic mass is 10.2. The smallest absolute Gasteiger partial charge is 0.371 e. The van der Waals surface area contributed by atoms with Crippen LogP contribution in [0.2, 0.25) is 0 Å². The molecule has 0 saturated heterocycles. The molecule has 0 saturated carbocycles. The Balaban J connectivity index is 2.67. The van der Waals surface area contributed by atoms with Crippen molar-refractivity contribution < 1.29 is 14.3 Å². The fraction of sp³-hybridized carbons (Fsp3) is 0. The predicted octanol–water partition coefficient (Wildman–Crippen LogP) is 2.00.